The third-order valence-corrected chi connectivity index (χ3v) is 4.96. The van der Waals surface area contributed by atoms with E-state index in [0.717, 1.165) is 5.56 Å². The number of carboxylic acids is 1. The van der Waals surface area contributed by atoms with Gasteiger partial charge in [-0.2, -0.15) is 0 Å². The molecule has 0 bridgehead atoms. The minimum atomic E-state index is -1.10. The second-order valence-electron chi connectivity index (χ2n) is 8.09. The van der Waals surface area contributed by atoms with Crippen LogP contribution in [-0.2, 0) is 11.3 Å². The van der Waals surface area contributed by atoms with Crippen molar-refractivity contribution in [2.45, 2.75) is 46.8 Å². The molecule has 0 fully saturated rings. The van der Waals surface area contributed by atoms with Crippen molar-refractivity contribution < 1.29 is 19.4 Å². The number of carboxylic acid groups (broad SMARTS) is 1. The molecule has 0 spiro atoms. The zero-order chi connectivity index (χ0) is 22.9. The molecule has 0 aliphatic carbocycles. The number of anilines is 1. The van der Waals surface area contributed by atoms with Crippen LogP contribution in [0.4, 0.5) is 10.5 Å². The van der Waals surface area contributed by atoms with Crippen molar-refractivity contribution in [2.75, 3.05) is 11.4 Å². The zero-order valence-electron chi connectivity index (χ0n) is 18.1. The largest absolute Gasteiger partial charge is 0.477 e. The third kappa shape index (κ3) is 4.96. The summed E-state index contributed by atoms with van der Waals surface area (Å²) in [6.45, 7) is 9.92. The average molecular weight is 445 g/mol. The normalized spacial score (nSPS) is 11.5. The molecule has 8 nitrogen and oxygen atoms in total. The molecule has 1 aromatic carbocycles. The lowest BCUT2D eigenvalue weighted by Gasteiger charge is -2.27. The monoisotopic (exact) mass is 444 g/mol. The fourth-order valence-corrected chi connectivity index (χ4v) is 3.39. The molecule has 1 amide bonds. The number of carbonyl (C=O) groups is 2. The SMILES string of the molecule is CCN(C(=O)OC(C)(C)C)c1ccc(Cn2c(C)nc3ccc(C(=O)O)nc32)c(Cl)c1. The summed E-state index contributed by atoms with van der Waals surface area (Å²) in [5.74, 6) is -0.411. The topological polar surface area (TPSA) is 97.6 Å². The minimum Gasteiger partial charge on any atom is -0.477 e. The maximum absolute atomic E-state index is 12.5. The fraction of sp³-hybridized carbons (Fsp3) is 0.364. The highest BCUT2D eigenvalue weighted by Crippen LogP contribution is 2.27. The smallest absolute Gasteiger partial charge is 0.414 e. The maximum atomic E-state index is 12.5. The van der Waals surface area contributed by atoms with Crippen molar-refractivity contribution in [3.63, 3.8) is 0 Å². The number of aromatic carboxylic acids is 1. The first kappa shape index (κ1) is 22.6. The number of benzene rings is 1. The molecule has 0 saturated heterocycles. The van der Waals surface area contributed by atoms with E-state index in [1.165, 1.54) is 11.0 Å². The highest BCUT2D eigenvalue weighted by molar-refractivity contribution is 6.31. The molecule has 3 aromatic rings. The number of aromatic nitrogens is 3. The molecule has 0 aliphatic rings. The predicted octanol–water partition coefficient (Wildman–Crippen LogP) is 4.90. The van der Waals surface area contributed by atoms with Gasteiger partial charge < -0.3 is 14.4 Å². The molecular formula is C22H25ClN4O4. The Morgan fingerprint density at radius 3 is 2.48 bits per heavy atom. The van der Waals surface area contributed by atoms with E-state index in [1.54, 1.807) is 18.2 Å². The van der Waals surface area contributed by atoms with Crippen molar-refractivity contribution in [2.24, 2.45) is 0 Å². The van der Waals surface area contributed by atoms with Gasteiger partial charge in [0.15, 0.2) is 11.3 Å². The van der Waals surface area contributed by atoms with E-state index < -0.39 is 17.7 Å². The van der Waals surface area contributed by atoms with Crippen LogP contribution in [0.2, 0.25) is 5.02 Å². The molecule has 0 saturated carbocycles. The number of pyridine rings is 1. The number of hydrogen-bond acceptors (Lipinski definition) is 5. The third-order valence-electron chi connectivity index (χ3n) is 4.61. The Morgan fingerprint density at radius 2 is 1.90 bits per heavy atom. The Labute approximate surface area is 185 Å². The van der Waals surface area contributed by atoms with E-state index in [1.807, 2.05) is 45.3 Å². The molecule has 0 radical (unpaired) electrons. The number of carbonyl (C=O) groups excluding carboxylic acids is 1. The second-order valence-corrected chi connectivity index (χ2v) is 8.50. The summed E-state index contributed by atoms with van der Waals surface area (Å²) in [6.07, 6.45) is -0.444. The lowest BCUT2D eigenvalue weighted by atomic mass is 10.2. The first-order chi connectivity index (χ1) is 14.5. The summed E-state index contributed by atoms with van der Waals surface area (Å²) in [4.78, 5) is 34.0. The van der Waals surface area contributed by atoms with E-state index in [4.69, 9.17) is 16.3 Å². The van der Waals surface area contributed by atoms with E-state index in [0.29, 0.717) is 40.8 Å². The minimum absolute atomic E-state index is 0.0500. The Kier molecular flexibility index (Phi) is 6.22. The highest BCUT2D eigenvalue weighted by atomic mass is 35.5. The van der Waals surface area contributed by atoms with Gasteiger partial charge in [0.05, 0.1) is 6.54 Å². The number of hydrogen-bond donors (Lipinski definition) is 1. The van der Waals surface area contributed by atoms with Gasteiger partial charge >= 0.3 is 12.1 Å². The first-order valence-electron chi connectivity index (χ1n) is 9.86. The lowest BCUT2D eigenvalue weighted by molar-refractivity contribution is 0.0581. The molecule has 2 aromatic heterocycles. The summed E-state index contributed by atoms with van der Waals surface area (Å²) >= 11 is 6.54. The highest BCUT2D eigenvalue weighted by Gasteiger charge is 2.23. The number of halogens is 1. The number of aryl methyl sites for hydroxylation is 1. The van der Waals surface area contributed by atoms with Crippen LogP contribution in [0.3, 0.4) is 0 Å². The van der Waals surface area contributed by atoms with Gasteiger partial charge in [0, 0.05) is 17.3 Å². The van der Waals surface area contributed by atoms with Crippen LogP contribution in [0.1, 0.15) is 49.6 Å². The lowest BCUT2D eigenvalue weighted by Crippen LogP contribution is -2.36. The molecule has 31 heavy (non-hydrogen) atoms. The summed E-state index contributed by atoms with van der Waals surface area (Å²) in [5.41, 5.74) is 1.85. The maximum Gasteiger partial charge on any atom is 0.414 e. The molecule has 164 valence electrons. The number of rotatable bonds is 5. The van der Waals surface area contributed by atoms with Crippen molar-refractivity contribution in [3.05, 3.63) is 52.4 Å². The molecule has 2 heterocycles. The number of ether oxygens (including phenoxy) is 1. The van der Waals surface area contributed by atoms with Crippen LogP contribution in [-0.4, -0.2) is 43.8 Å². The first-order valence-corrected chi connectivity index (χ1v) is 10.2. The molecule has 0 aliphatic heterocycles. The fourth-order valence-electron chi connectivity index (χ4n) is 3.16. The average Bonchev–Trinajstić information content (AvgIpc) is 2.97. The molecule has 0 atom stereocenters. The van der Waals surface area contributed by atoms with Crippen molar-refractivity contribution in [1.82, 2.24) is 14.5 Å². The van der Waals surface area contributed by atoms with Gasteiger partial charge in [-0.25, -0.2) is 19.6 Å². The van der Waals surface area contributed by atoms with E-state index >= 15 is 0 Å². The van der Waals surface area contributed by atoms with Gasteiger partial charge in [-0.05, 0) is 64.4 Å². The van der Waals surface area contributed by atoms with Crippen LogP contribution in [0, 0.1) is 6.92 Å². The quantitative estimate of drug-likeness (QED) is 0.601. The molecule has 0 unspecified atom stereocenters. The number of imidazole rings is 1. The molecule has 3 rings (SSSR count). The van der Waals surface area contributed by atoms with Crippen LogP contribution in [0.15, 0.2) is 30.3 Å². The molecular weight excluding hydrogens is 420 g/mol. The Bertz CT molecular complexity index is 1150. The van der Waals surface area contributed by atoms with E-state index in [9.17, 15) is 14.7 Å². The van der Waals surface area contributed by atoms with E-state index in [2.05, 4.69) is 9.97 Å². The van der Waals surface area contributed by atoms with Gasteiger partial charge in [0.2, 0.25) is 0 Å². The molecule has 1 N–H and O–H groups in total. The Balaban J connectivity index is 1.92. The van der Waals surface area contributed by atoms with E-state index in [-0.39, 0.29) is 5.69 Å². The van der Waals surface area contributed by atoms with Gasteiger partial charge in [-0.1, -0.05) is 17.7 Å². The van der Waals surface area contributed by atoms with Crippen molar-refractivity contribution >= 4 is 40.5 Å². The number of amides is 1. The van der Waals surface area contributed by atoms with Crippen LogP contribution < -0.4 is 4.90 Å². The van der Waals surface area contributed by atoms with Gasteiger partial charge in [-0.15, -0.1) is 0 Å². The van der Waals surface area contributed by atoms with Gasteiger partial charge in [0.25, 0.3) is 0 Å². The number of fused-ring (bicyclic) bond motifs is 1. The van der Waals surface area contributed by atoms with Gasteiger partial charge in [-0.3, -0.25) is 4.90 Å². The van der Waals surface area contributed by atoms with Gasteiger partial charge in [0.1, 0.15) is 16.9 Å². The Hall–Kier alpha value is -3.13. The van der Waals surface area contributed by atoms with Crippen LogP contribution >= 0.6 is 11.6 Å². The van der Waals surface area contributed by atoms with Crippen LogP contribution in [0.25, 0.3) is 11.2 Å². The standard InChI is InChI=1S/C22H25ClN4O4/c1-6-26(21(30)31-22(3,4)5)15-8-7-14(16(23)11-15)12-27-13(2)24-17-9-10-18(20(28)29)25-19(17)27/h7-11H,6,12H2,1-5H3,(H,28,29). The van der Waals surface area contributed by atoms with Crippen LogP contribution in [0.5, 0.6) is 0 Å². The summed E-state index contributed by atoms with van der Waals surface area (Å²) < 4.78 is 7.28. The zero-order valence-corrected chi connectivity index (χ0v) is 18.9. The summed E-state index contributed by atoms with van der Waals surface area (Å²) in [6, 6.07) is 8.42. The summed E-state index contributed by atoms with van der Waals surface area (Å²) in [5, 5.41) is 9.71. The van der Waals surface area contributed by atoms with Crippen molar-refractivity contribution in [1.29, 1.82) is 0 Å². The second kappa shape index (κ2) is 8.55. The predicted molar refractivity (Wildman–Crippen MR) is 119 cm³/mol. The summed E-state index contributed by atoms with van der Waals surface area (Å²) in [7, 11) is 0. The number of nitrogens with zero attached hydrogens (tertiary/aromatic N) is 4. The Morgan fingerprint density at radius 1 is 1.19 bits per heavy atom. The van der Waals surface area contributed by atoms with Crippen molar-refractivity contribution in [3.8, 4) is 0 Å². The molecule has 9 heteroatoms.